The topological polar surface area (TPSA) is 163 Å². The molecule has 0 bridgehead atoms. The quantitative estimate of drug-likeness (QED) is 0.0995. The molecule has 0 fully saturated rings. The Hall–Kier alpha value is -4.92. The summed E-state index contributed by atoms with van der Waals surface area (Å²) < 4.78 is 59.4. The summed E-state index contributed by atoms with van der Waals surface area (Å²) in [5.41, 5.74) is 9.78. The summed E-state index contributed by atoms with van der Waals surface area (Å²) >= 11 is 0. The molecule has 2 aromatic heterocycles. The molecule has 0 saturated carbocycles. The first-order valence-electron chi connectivity index (χ1n) is 10.4. The van der Waals surface area contributed by atoms with Gasteiger partial charge in [0.15, 0.2) is 0 Å². The maximum atomic E-state index is 13.5. The Bertz CT molecular complexity index is 1480. The zero-order chi connectivity index (χ0) is 26.7. The van der Waals surface area contributed by atoms with E-state index in [0.717, 1.165) is 11.2 Å². The zero-order valence-corrected chi connectivity index (χ0v) is 18.8. The largest absolute Gasteiger partial charge is 0.439 e. The molecule has 11 nitrogen and oxygen atoms in total. The third-order valence-electron chi connectivity index (χ3n) is 4.89. The summed E-state index contributed by atoms with van der Waals surface area (Å²) in [7, 11) is 0. The van der Waals surface area contributed by atoms with Crippen molar-refractivity contribution in [3.8, 4) is 11.6 Å². The van der Waals surface area contributed by atoms with Gasteiger partial charge in [0.1, 0.15) is 17.9 Å². The molecular formula is C22H19F4N9O2. The molecule has 2 aromatic carbocycles. The van der Waals surface area contributed by atoms with Crippen LogP contribution in [0.4, 0.5) is 28.0 Å². The van der Waals surface area contributed by atoms with Gasteiger partial charge in [-0.15, -0.1) is 5.10 Å². The minimum absolute atomic E-state index is 0.0757. The van der Waals surface area contributed by atoms with Crippen LogP contribution in [-0.2, 0) is 12.7 Å². The van der Waals surface area contributed by atoms with Gasteiger partial charge in [0.25, 0.3) is 0 Å². The number of carbonyl (C=O) groups is 1. The summed E-state index contributed by atoms with van der Waals surface area (Å²) in [6.45, 7) is 0.0757. The van der Waals surface area contributed by atoms with Crippen LogP contribution in [0.3, 0.4) is 0 Å². The van der Waals surface area contributed by atoms with Crippen LogP contribution in [0, 0.1) is 5.82 Å². The third kappa shape index (κ3) is 6.02. The first-order chi connectivity index (χ1) is 17.5. The number of aromatic nitrogens is 3. The van der Waals surface area contributed by atoms with E-state index in [1.54, 1.807) is 24.3 Å². The molecule has 0 aliphatic rings. The molecule has 0 unspecified atom stereocenters. The van der Waals surface area contributed by atoms with Crippen LogP contribution < -0.4 is 27.4 Å². The number of anilines is 1. The van der Waals surface area contributed by atoms with Gasteiger partial charge in [-0.05, 0) is 42.5 Å². The van der Waals surface area contributed by atoms with Crippen molar-refractivity contribution in [2.45, 2.75) is 12.7 Å². The van der Waals surface area contributed by atoms with Crippen LogP contribution in [0.1, 0.15) is 11.3 Å². The molecule has 4 rings (SSSR count). The Balaban J connectivity index is 1.50. The van der Waals surface area contributed by atoms with E-state index in [-0.39, 0.29) is 24.1 Å². The van der Waals surface area contributed by atoms with Gasteiger partial charge in [0, 0.05) is 23.3 Å². The molecule has 7 N–H and O–H groups in total. The number of benzene rings is 2. The van der Waals surface area contributed by atoms with Gasteiger partial charge < -0.3 is 21.5 Å². The highest BCUT2D eigenvalue weighted by molar-refractivity contribution is 5.98. The number of hydrazine groups is 1. The second-order valence-corrected chi connectivity index (χ2v) is 7.60. The van der Waals surface area contributed by atoms with E-state index in [1.807, 2.05) is 0 Å². The van der Waals surface area contributed by atoms with E-state index >= 15 is 0 Å². The first-order valence-corrected chi connectivity index (χ1v) is 10.4. The van der Waals surface area contributed by atoms with Crippen LogP contribution in [0.15, 0.2) is 66.2 Å². The van der Waals surface area contributed by atoms with Crippen LogP contribution in [0.2, 0.25) is 0 Å². The van der Waals surface area contributed by atoms with Gasteiger partial charge in [0.05, 0.1) is 23.3 Å². The molecule has 1 amide bonds. The average Bonchev–Trinajstić information content (AvgIpc) is 3.22. The molecule has 0 aliphatic carbocycles. The standard InChI is InChI=1S/C22H19F4N9O2/c23-17-3-1-13(8-16(17)22(24,25)26)32-21(36)34-6-5-12-7-15(2-4-18(12)34)37-19-9-14(30-11-31-19)10-35(29)33-20(27)28/h1-9,11H,10,29H2,(H,32,36)(H4,27,28,33). The highest BCUT2D eigenvalue weighted by Crippen LogP contribution is 2.33. The number of hydrogen-bond donors (Lipinski definition) is 4. The lowest BCUT2D eigenvalue weighted by Gasteiger charge is -2.12. The van der Waals surface area contributed by atoms with E-state index in [2.05, 4.69) is 20.4 Å². The smallest absolute Gasteiger partial charge is 0.419 e. The fourth-order valence-electron chi connectivity index (χ4n) is 3.35. The number of nitrogens with zero attached hydrogens (tertiary/aromatic N) is 5. The van der Waals surface area contributed by atoms with Crippen LogP contribution in [0.25, 0.3) is 10.9 Å². The number of amides is 1. The predicted octanol–water partition coefficient (Wildman–Crippen LogP) is 3.33. The molecule has 37 heavy (non-hydrogen) atoms. The number of ether oxygens (including phenoxy) is 1. The molecule has 15 heteroatoms. The van der Waals surface area contributed by atoms with E-state index < -0.39 is 23.6 Å². The SMILES string of the molecule is NC(N)=NN(N)Cc1cc(Oc2ccc3c(ccn3C(=O)Nc3ccc(F)c(C(F)(F)F)c3)c2)ncn1. The van der Waals surface area contributed by atoms with Crippen molar-refractivity contribution in [1.82, 2.24) is 19.7 Å². The van der Waals surface area contributed by atoms with Crippen LogP contribution in [-0.4, -0.2) is 31.6 Å². The number of carbonyl (C=O) groups excluding carboxylic acids is 1. The van der Waals surface area contributed by atoms with E-state index in [0.29, 0.717) is 34.5 Å². The van der Waals surface area contributed by atoms with Gasteiger partial charge in [-0.1, -0.05) is 0 Å². The Morgan fingerprint density at radius 1 is 1.11 bits per heavy atom. The van der Waals surface area contributed by atoms with Crippen molar-refractivity contribution >= 4 is 28.6 Å². The lowest BCUT2D eigenvalue weighted by Crippen LogP contribution is -2.32. The van der Waals surface area contributed by atoms with Crippen molar-refractivity contribution in [2.75, 3.05) is 5.32 Å². The second-order valence-electron chi connectivity index (χ2n) is 7.60. The average molecular weight is 517 g/mol. The van der Waals surface area contributed by atoms with Crippen molar-refractivity contribution in [3.05, 3.63) is 78.1 Å². The number of nitrogens with two attached hydrogens (primary N) is 3. The summed E-state index contributed by atoms with van der Waals surface area (Å²) in [5, 5.41) is 7.59. The van der Waals surface area contributed by atoms with Crippen molar-refractivity contribution < 1.29 is 27.1 Å². The fraction of sp³-hybridized carbons (Fsp3) is 0.0909. The maximum absolute atomic E-state index is 13.5. The Morgan fingerprint density at radius 3 is 2.62 bits per heavy atom. The number of rotatable bonds is 6. The molecule has 0 saturated heterocycles. The number of hydrogen-bond acceptors (Lipinski definition) is 7. The van der Waals surface area contributed by atoms with Gasteiger partial charge in [-0.2, -0.15) is 13.2 Å². The predicted molar refractivity (Wildman–Crippen MR) is 125 cm³/mol. The molecule has 0 spiro atoms. The molecule has 0 radical (unpaired) electrons. The zero-order valence-electron chi connectivity index (χ0n) is 18.8. The molecule has 2 heterocycles. The number of alkyl halides is 3. The highest BCUT2D eigenvalue weighted by atomic mass is 19.4. The second kappa shape index (κ2) is 9.98. The van der Waals surface area contributed by atoms with E-state index in [1.165, 1.54) is 23.2 Å². The summed E-state index contributed by atoms with van der Waals surface area (Å²) in [6.07, 6.45) is -2.20. The molecule has 192 valence electrons. The summed E-state index contributed by atoms with van der Waals surface area (Å²) in [6, 6.07) is 9.40. The van der Waals surface area contributed by atoms with Crippen LogP contribution in [0.5, 0.6) is 11.6 Å². The normalized spacial score (nSPS) is 11.3. The van der Waals surface area contributed by atoms with E-state index in [9.17, 15) is 22.4 Å². The van der Waals surface area contributed by atoms with Crippen molar-refractivity contribution in [2.24, 2.45) is 22.4 Å². The number of guanidine groups is 1. The minimum atomic E-state index is -4.90. The Kier molecular flexibility index (Phi) is 6.79. The number of nitrogens with one attached hydrogen (secondary N) is 1. The Morgan fingerprint density at radius 2 is 1.89 bits per heavy atom. The van der Waals surface area contributed by atoms with Gasteiger partial charge >= 0.3 is 12.2 Å². The lowest BCUT2D eigenvalue weighted by molar-refractivity contribution is -0.139. The molecule has 0 aliphatic heterocycles. The first kappa shape index (κ1) is 25.2. The Labute approximate surface area is 206 Å². The lowest BCUT2D eigenvalue weighted by atomic mass is 10.2. The van der Waals surface area contributed by atoms with Gasteiger partial charge in [-0.3, -0.25) is 4.57 Å². The highest BCUT2D eigenvalue weighted by Gasteiger charge is 2.34. The van der Waals surface area contributed by atoms with Gasteiger partial charge in [0.2, 0.25) is 11.8 Å². The van der Waals surface area contributed by atoms with E-state index in [4.69, 9.17) is 22.0 Å². The van der Waals surface area contributed by atoms with Crippen molar-refractivity contribution in [3.63, 3.8) is 0 Å². The summed E-state index contributed by atoms with van der Waals surface area (Å²) in [4.78, 5) is 20.8. The van der Waals surface area contributed by atoms with Crippen LogP contribution >= 0.6 is 0 Å². The number of hydrazone groups is 1. The number of fused-ring (bicyclic) bond motifs is 1. The molecular weight excluding hydrogens is 498 g/mol. The number of halogens is 4. The summed E-state index contributed by atoms with van der Waals surface area (Å²) in [5.74, 6) is 4.60. The minimum Gasteiger partial charge on any atom is -0.439 e. The maximum Gasteiger partial charge on any atom is 0.419 e. The third-order valence-corrected chi connectivity index (χ3v) is 4.89. The fourth-order valence-corrected chi connectivity index (χ4v) is 3.35. The molecule has 4 aromatic rings. The monoisotopic (exact) mass is 517 g/mol. The molecule has 0 atom stereocenters. The van der Waals surface area contributed by atoms with Crippen molar-refractivity contribution in [1.29, 1.82) is 0 Å². The van der Waals surface area contributed by atoms with Gasteiger partial charge in [-0.25, -0.2) is 30.1 Å².